The highest BCUT2D eigenvalue weighted by Gasteiger charge is 2.15. The van der Waals surface area contributed by atoms with E-state index in [0.29, 0.717) is 15.8 Å². The molecule has 0 atom stereocenters. The van der Waals surface area contributed by atoms with Crippen LogP contribution in [0.25, 0.3) is 0 Å². The van der Waals surface area contributed by atoms with Gasteiger partial charge in [-0.3, -0.25) is 4.79 Å². The normalized spacial score (nSPS) is 15.3. The van der Waals surface area contributed by atoms with E-state index in [-0.39, 0.29) is 31.0 Å². The van der Waals surface area contributed by atoms with Gasteiger partial charge in [-0.25, -0.2) is 0 Å². The van der Waals surface area contributed by atoms with E-state index in [2.05, 4.69) is 10.6 Å². The number of rotatable bonds is 4. The monoisotopic (exact) mass is 338 g/mol. The van der Waals surface area contributed by atoms with Crippen molar-refractivity contribution in [3.05, 3.63) is 28.2 Å². The van der Waals surface area contributed by atoms with Gasteiger partial charge in [0.1, 0.15) is 5.75 Å². The van der Waals surface area contributed by atoms with Crippen molar-refractivity contribution < 1.29 is 9.53 Å². The number of nitrogens with one attached hydrogen (secondary N) is 2. The Morgan fingerprint density at radius 1 is 1.35 bits per heavy atom. The van der Waals surface area contributed by atoms with Gasteiger partial charge in [-0.2, -0.15) is 0 Å². The van der Waals surface area contributed by atoms with Crippen molar-refractivity contribution in [3.63, 3.8) is 0 Å². The van der Waals surface area contributed by atoms with Crippen molar-refractivity contribution in [1.29, 1.82) is 0 Å². The second kappa shape index (κ2) is 8.57. The molecule has 1 amide bonds. The van der Waals surface area contributed by atoms with E-state index in [1.807, 2.05) is 0 Å². The summed E-state index contributed by atoms with van der Waals surface area (Å²) in [6.45, 7) is 1.84. The molecule has 2 rings (SSSR count). The van der Waals surface area contributed by atoms with Gasteiger partial charge in [-0.1, -0.05) is 23.2 Å². The summed E-state index contributed by atoms with van der Waals surface area (Å²) in [7, 11) is 0. The summed E-state index contributed by atoms with van der Waals surface area (Å²) in [5.74, 6) is 0.337. The Balaban J connectivity index is 0.00000200. The Morgan fingerprint density at radius 2 is 2.05 bits per heavy atom. The van der Waals surface area contributed by atoms with Crippen molar-refractivity contribution in [3.8, 4) is 5.75 Å². The van der Waals surface area contributed by atoms with Gasteiger partial charge in [0.25, 0.3) is 5.91 Å². The van der Waals surface area contributed by atoms with Crippen LogP contribution in [0.1, 0.15) is 12.8 Å². The van der Waals surface area contributed by atoms with Crippen molar-refractivity contribution in [2.45, 2.75) is 18.9 Å². The fraction of sp³-hybridized carbons (Fsp3) is 0.462. The van der Waals surface area contributed by atoms with Crippen molar-refractivity contribution in [1.82, 2.24) is 10.6 Å². The van der Waals surface area contributed by atoms with E-state index >= 15 is 0 Å². The minimum Gasteiger partial charge on any atom is -0.482 e. The standard InChI is InChI=1S/C13H16Cl2N2O2.ClH/c14-9-1-2-12(11(15)7-9)19-8-13(18)17-10-3-5-16-6-4-10;/h1-2,7,10,16H,3-6,8H2,(H,17,18);1H. The molecule has 1 aromatic rings. The fourth-order valence-electron chi connectivity index (χ4n) is 1.97. The molecule has 0 spiro atoms. The summed E-state index contributed by atoms with van der Waals surface area (Å²) in [6.07, 6.45) is 1.90. The van der Waals surface area contributed by atoms with Crippen LogP contribution < -0.4 is 15.4 Å². The average molecular weight is 340 g/mol. The minimum absolute atomic E-state index is 0. The Morgan fingerprint density at radius 3 is 2.70 bits per heavy atom. The average Bonchev–Trinajstić information content (AvgIpc) is 2.39. The Bertz CT molecular complexity index is 451. The van der Waals surface area contributed by atoms with Gasteiger partial charge in [0.15, 0.2) is 6.61 Å². The highest BCUT2D eigenvalue weighted by molar-refractivity contribution is 6.35. The molecular weight excluding hydrogens is 323 g/mol. The third-order valence-electron chi connectivity index (χ3n) is 2.96. The number of halogens is 3. The predicted molar refractivity (Wildman–Crippen MR) is 83.2 cm³/mol. The first-order chi connectivity index (χ1) is 9.15. The first-order valence-electron chi connectivity index (χ1n) is 6.23. The number of hydrogen-bond donors (Lipinski definition) is 2. The molecule has 1 saturated heterocycles. The maximum absolute atomic E-state index is 11.7. The van der Waals surface area contributed by atoms with Crippen LogP contribution in [0.15, 0.2) is 18.2 Å². The van der Waals surface area contributed by atoms with Gasteiger partial charge < -0.3 is 15.4 Å². The number of amides is 1. The predicted octanol–water partition coefficient (Wildman–Crippen LogP) is 2.66. The van der Waals surface area contributed by atoms with Gasteiger partial charge in [-0.15, -0.1) is 12.4 Å². The summed E-state index contributed by atoms with van der Waals surface area (Å²) < 4.78 is 5.38. The Hall–Kier alpha value is -0.680. The summed E-state index contributed by atoms with van der Waals surface area (Å²) in [6, 6.07) is 5.15. The number of carbonyl (C=O) groups excluding carboxylic acids is 1. The molecule has 4 nitrogen and oxygen atoms in total. The highest BCUT2D eigenvalue weighted by atomic mass is 35.5. The van der Waals surface area contributed by atoms with Crippen molar-refractivity contribution >= 4 is 41.5 Å². The molecule has 1 aliphatic rings. The van der Waals surface area contributed by atoms with Crippen molar-refractivity contribution in [2.75, 3.05) is 19.7 Å². The van der Waals surface area contributed by atoms with E-state index in [4.69, 9.17) is 27.9 Å². The summed E-state index contributed by atoms with van der Waals surface area (Å²) in [5.41, 5.74) is 0. The van der Waals surface area contributed by atoms with Crippen LogP contribution in [0.5, 0.6) is 5.75 Å². The molecule has 2 N–H and O–H groups in total. The summed E-state index contributed by atoms with van der Waals surface area (Å²) in [5, 5.41) is 7.14. The first kappa shape index (κ1) is 17.4. The van der Waals surface area contributed by atoms with E-state index in [1.54, 1.807) is 18.2 Å². The fourth-order valence-corrected chi connectivity index (χ4v) is 2.43. The second-order valence-electron chi connectivity index (χ2n) is 4.46. The van der Waals surface area contributed by atoms with Crippen LogP contribution in [0.2, 0.25) is 10.0 Å². The van der Waals surface area contributed by atoms with Gasteiger partial charge in [0.05, 0.1) is 5.02 Å². The molecule has 0 aromatic heterocycles. The zero-order valence-electron chi connectivity index (χ0n) is 10.8. The molecule has 0 saturated carbocycles. The molecule has 0 unspecified atom stereocenters. The van der Waals surface area contributed by atoms with Crippen LogP contribution >= 0.6 is 35.6 Å². The Labute approximate surface area is 134 Å². The minimum atomic E-state index is -0.127. The molecule has 0 bridgehead atoms. The largest absolute Gasteiger partial charge is 0.482 e. The lowest BCUT2D eigenvalue weighted by atomic mass is 10.1. The number of carbonyl (C=O) groups is 1. The van der Waals surface area contributed by atoms with E-state index < -0.39 is 0 Å². The van der Waals surface area contributed by atoms with Gasteiger partial charge in [-0.05, 0) is 44.1 Å². The molecule has 0 radical (unpaired) electrons. The van der Waals surface area contributed by atoms with Gasteiger partial charge in [0, 0.05) is 11.1 Å². The smallest absolute Gasteiger partial charge is 0.258 e. The van der Waals surface area contributed by atoms with Gasteiger partial charge >= 0.3 is 0 Å². The molecular formula is C13H17Cl3N2O2. The molecule has 0 aliphatic carbocycles. The van der Waals surface area contributed by atoms with E-state index in [9.17, 15) is 4.79 Å². The lowest BCUT2D eigenvalue weighted by molar-refractivity contribution is -0.123. The molecule has 1 fully saturated rings. The topological polar surface area (TPSA) is 50.4 Å². The second-order valence-corrected chi connectivity index (χ2v) is 5.30. The zero-order valence-corrected chi connectivity index (χ0v) is 13.2. The van der Waals surface area contributed by atoms with E-state index in [1.165, 1.54) is 0 Å². The molecule has 1 heterocycles. The first-order valence-corrected chi connectivity index (χ1v) is 6.98. The van der Waals surface area contributed by atoms with Crippen LogP contribution in [0, 0.1) is 0 Å². The summed E-state index contributed by atoms with van der Waals surface area (Å²) in [4.78, 5) is 11.7. The van der Waals surface area contributed by atoms with Crippen LogP contribution in [-0.4, -0.2) is 31.6 Å². The lowest BCUT2D eigenvalue weighted by Gasteiger charge is -2.23. The quantitative estimate of drug-likeness (QED) is 0.887. The maximum Gasteiger partial charge on any atom is 0.258 e. The zero-order chi connectivity index (χ0) is 13.7. The highest BCUT2D eigenvalue weighted by Crippen LogP contribution is 2.27. The third kappa shape index (κ3) is 5.37. The van der Waals surface area contributed by atoms with Gasteiger partial charge in [0.2, 0.25) is 0 Å². The number of ether oxygens (including phenoxy) is 1. The van der Waals surface area contributed by atoms with Crippen LogP contribution in [0.4, 0.5) is 0 Å². The number of piperidine rings is 1. The molecule has 20 heavy (non-hydrogen) atoms. The molecule has 112 valence electrons. The van der Waals surface area contributed by atoms with Crippen LogP contribution in [0.3, 0.4) is 0 Å². The molecule has 1 aromatic carbocycles. The SMILES string of the molecule is Cl.O=C(COc1ccc(Cl)cc1Cl)NC1CCNCC1. The van der Waals surface area contributed by atoms with Crippen LogP contribution in [-0.2, 0) is 4.79 Å². The maximum atomic E-state index is 11.7. The Kier molecular flexibility index (Phi) is 7.45. The lowest BCUT2D eigenvalue weighted by Crippen LogP contribution is -2.44. The third-order valence-corrected chi connectivity index (χ3v) is 3.49. The molecule has 1 aliphatic heterocycles. The molecule has 7 heteroatoms. The number of hydrogen-bond acceptors (Lipinski definition) is 3. The van der Waals surface area contributed by atoms with E-state index in [0.717, 1.165) is 25.9 Å². The number of benzene rings is 1. The summed E-state index contributed by atoms with van der Waals surface area (Å²) >= 11 is 11.7. The van der Waals surface area contributed by atoms with Crippen molar-refractivity contribution in [2.24, 2.45) is 0 Å².